The third-order valence-corrected chi connectivity index (χ3v) is 5.83. The van der Waals surface area contributed by atoms with Crippen LogP contribution in [0.2, 0.25) is 0 Å². The van der Waals surface area contributed by atoms with Crippen LogP contribution < -0.4 is 5.32 Å². The molecule has 0 aliphatic heterocycles. The summed E-state index contributed by atoms with van der Waals surface area (Å²) in [4.78, 5) is 28.6. The molecule has 26 heavy (non-hydrogen) atoms. The Morgan fingerprint density at radius 1 is 0.962 bits per heavy atom. The number of rotatable bonds is 4. The standard InChI is InChI=1S/C21H24N2O2S/c1-23(16-10-4-2-5-11-16)21(25)20(24)22-18-14-8-9-15-19(18)26-17-12-6-3-7-13-17/h3,6-9,12-16H,2,4-5,10-11H2,1H3,(H,22,24). The van der Waals surface area contributed by atoms with E-state index in [1.807, 2.05) is 54.6 Å². The first kappa shape index (κ1) is 18.5. The van der Waals surface area contributed by atoms with Gasteiger partial charge in [-0.2, -0.15) is 0 Å². The molecule has 5 heteroatoms. The van der Waals surface area contributed by atoms with Gasteiger partial charge in [0.2, 0.25) is 0 Å². The number of carbonyl (C=O) groups excluding carboxylic acids is 2. The van der Waals surface area contributed by atoms with Gasteiger partial charge in [-0.15, -0.1) is 0 Å². The molecule has 136 valence electrons. The van der Waals surface area contributed by atoms with Crippen LogP contribution in [-0.4, -0.2) is 29.8 Å². The minimum atomic E-state index is -0.570. The molecular weight excluding hydrogens is 344 g/mol. The molecule has 1 aliphatic carbocycles. The van der Waals surface area contributed by atoms with Crippen LogP contribution in [-0.2, 0) is 9.59 Å². The first-order chi connectivity index (χ1) is 12.6. The Balaban J connectivity index is 1.68. The van der Waals surface area contributed by atoms with Crippen molar-refractivity contribution in [3.63, 3.8) is 0 Å². The van der Waals surface area contributed by atoms with Gasteiger partial charge in [0.15, 0.2) is 0 Å². The minimum absolute atomic E-state index is 0.177. The fourth-order valence-corrected chi connectivity index (χ4v) is 4.17. The smallest absolute Gasteiger partial charge is 0.313 e. The second-order valence-electron chi connectivity index (χ2n) is 6.57. The van der Waals surface area contributed by atoms with Crippen molar-refractivity contribution in [2.24, 2.45) is 0 Å². The van der Waals surface area contributed by atoms with Crippen LogP contribution in [0.5, 0.6) is 0 Å². The zero-order chi connectivity index (χ0) is 18.4. The maximum Gasteiger partial charge on any atom is 0.313 e. The summed E-state index contributed by atoms with van der Waals surface area (Å²) in [5.41, 5.74) is 0.664. The second-order valence-corrected chi connectivity index (χ2v) is 7.69. The summed E-state index contributed by atoms with van der Waals surface area (Å²) in [6, 6.07) is 17.7. The predicted molar refractivity (Wildman–Crippen MR) is 105 cm³/mol. The zero-order valence-electron chi connectivity index (χ0n) is 15.0. The lowest BCUT2D eigenvalue weighted by Crippen LogP contribution is -2.44. The minimum Gasteiger partial charge on any atom is -0.335 e. The maximum absolute atomic E-state index is 12.5. The largest absolute Gasteiger partial charge is 0.335 e. The molecule has 0 saturated heterocycles. The van der Waals surface area contributed by atoms with Gasteiger partial charge in [0.25, 0.3) is 0 Å². The van der Waals surface area contributed by atoms with Crippen molar-refractivity contribution in [2.45, 2.75) is 47.9 Å². The molecule has 0 atom stereocenters. The highest BCUT2D eigenvalue weighted by molar-refractivity contribution is 7.99. The molecule has 2 amide bonds. The number of amides is 2. The summed E-state index contributed by atoms with van der Waals surface area (Å²) in [6.07, 6.45) is 5.43. The zero-order valence-corrected chi connectivity index (χ0v) is 15.8. The first-order valence-electron chi connectivity index (χ1n) is 9.05. The SMILES string of the molecule is CN(C(=O)C(=O)Nc1ccccc1Sc1ccccc1)C1CCCCC1. The quantitative estimate of drug-likeness (QED) is 0.805. The Kier molecular flexibility index (Phi) is 6.34. The van der Waals surface area contributed by atoms with Gasteiger partial charge in [-0.25, -0.2) is 0 Å². The molecule has 0 unspecified atom stereocenters. The van der Waals surface area contributed by atoms with Gasteiger partial charge in [-0.3, -0.25) is 9.59 Å². The van der Waals surface area contributed by atoms with Crippen molar-refractivity contribution in [1.29, 1.82) is 0 Å². The van der Waals surface area contributed by atoms with E-state index >= 15 is 0 Å². The van der Waals surface area contributed by atoms with Crippen LogP contribution in [0.1, 0.15) is 32.1 Å². The van der Waals surface area contributed by atoms with Gasteiger partial charge in [-0.05, 0) is 37.1 Å². The molecule has 2 aromatic carbocycles. The molecule has 3 rings (SSSR count). The highest BCUT2D eigenvalue weighted by atomic mass is 32.2. The summed E-state index contributed by atoms with van der Waals surface area (Å²) < 4.78 is 0. The van der Waals surface area contributed by atoms with E-state index < -0.39 is 11.8 Å². The number of nitrogens with zero attached hydrogens (tertiary/aromatic N) is 1. The molecule has 0 aromatic heterocycles. The van der Waals surface area contributed by atoms with Crippen molar-refractivity contribution in [2.75, 3.05) is 12.4 Å². The maximum atomic E-state index is 12.5. The number of benzene rings is 2. The molecule has 0 radical (unpaired) electrons. The second kappa shape index (κ2) is 8.90. The van der Waals surface area contributed by atoms with Crippen molar-refractivity contribution < 1.29 is 9.59 Å². The van der Waals surface area contributed by atoms with E-state index in [2.05, 4.69) is 5.32 Å². The van der Waals surface area contributed by atoms with E-state index in [1.54, 1.807) is 23.7 Å². The Morgan fingerprint density at radius 2 is 1.62 bits per heavy atom. The van der Waals surface area contributed by atoms with Gasteiger partial charge in [0.1, 0.15) is 0 Å². The number of nitrogens with one attached hydrogen (secondary N) is 1. The Labute approximate surface area is 159 Å². The topological polar surface area (TPSA) is 49.4 Å². The summed E-state index contributed by atoms with van der Waals surface area (Å²) in [6.45, 7) is 0. The number of hydrogen-bond donors (Lipinski definition) is 1. The number of hydrogen-bond acceptors (Lipinski definition) is 3. The Hall–Kier alpha value is -2.27. The van der Waals surface area contributed by atoms with Crippen LogP contribution in [0.3, 0.4) is 0 Å². The molecule has 0 heterocycles. The summed E-state index contributed by atoms with van der Waals surface area (Å²) in [7, 11) is 1.74. The Morgan fingerprint density at radius 3 is 2.35 bits per heavy atom. The molecule has 1 aliphatic rings. The molecule has 2 aromatic rings. The van der Waals surface area contributed by atoms with Gasteiger partial charge < -0.3 is 10.2 Å². The van der Waals surface area contributed by atoms with Crippen molar-refractivity contribution in [1.82, 2.24) is 4.90 Å². The van der Waals surface area contributed by atoms with Gasteiger partial charge in [0, 0.05) is 22.9 Å². The summed E-state index contributed by atoms with van der Waals surface area (Å²) >= 11 is 1.56. The fourth-order valence-electron chi connectivity index (χ4n) is 3.24. The van der Waals surface area contributed by atoms with Crippen LogP contribution in [0.15, 0.2) is 64.4 Å². The van der Waals surface area contributed by atoms with E-state index in [1.165, 1.54) is 6.42 Å². The molecule has 4 nitrogen and oxygen atoms in total. The van der Waals surface area contributed by atoms with Crippen LogP contribution in [0.25, 0.3) is 0 Å². The first-order valence-corrected chi connectivity index (χ1v) is 9.87. The Bertz CT molecular complexity index is 758. The molecule has 0 spiro atoms. The lowest BCUT2D eigenvalue weighted by Gasteiger charge is -2.30. The molecule has 1 fully saturated rings. The van der Waals surface area contributed by atoms with Gasteiger partial charge >= 0.3 is 11.8 Å². The predicted octanol–water partition coefficient (Wildman–Crippen LogP) is 4.57. The van der Waals surface area contributed by atoms with Gasteiger partial charge in [0.05, 0.1) is 5.69 Å². The molecular formula is C21H24N2O2S. The highest BCUT2D eigenvalue weighted by Gasteiger charge is 2.27. The van der Waals surface area contributed by atoms with Crippen LogP contribution in [0, 0.1) is 0 Å². The molecule has 1 N–H and O–H groups in total. The normalized spacial score (nSPS) is 14.7. The number of anilines is 1. The number of carbonyl (C=O) groups is 2. The van der Waals surface area contributed by atoms with E-state index in [0.29, 0.717) is 5.69 Å². The average molecular weight is 369 g/mol. The van der Waals surface area contributed by atoms with Crippen LogP contribution >= 0.6 is 11.8 Å². The average Bonchev–Trinajstić information content (AvgIpc) is 2.69. The van der Waals surface area contributed by atoms with E-state index in [9.17, 15) is 9.59 Å². The lowest BCUT2D eigenvalue weighted by atomic mass is 9.94. The molecule has 1 saturated carbocycles. The van der Waals surface area contributed by atoms with Crippen LogP contribution in [0.4, 0.5) is 5.69 Å². The van der Waals surface area contributed by atoms with Crippen molar-refractivity contribution in [3.8, 4) is 0 Å². The van der Waals surface area contributed by atoms with E-state index in [-0.39, 0.29) is 6.04 Å². The highest BCUT2D eigenvalue weighted by Crippen LogP contribution is 2.33. The fraction of sp³-hybridized carbons (Fsp3) is 0.333. The number of likely N-dealkylation sites (N-methyl/N-ethyl adjacent to an activating group) is 1. The van der Waals surface area contributed by atoms with Crippen molar-refractivity contribution >= 4 is 29.3 Å². The summed E-state index contributed by atoms with van der Waals surface area (Å²) in [5.74, 6) is -1.03. The number of para-hydroxylation sites is 1. The monoisotopic (exact) mass is 368 g/mol. The third-order valence-electron chi connectivity index (χ3n) is 4.74. The lowest BCUT2D eigenvalue weighted by molar-refractivity contribution is -0.144. The van der Waals surface area contributed by atoms with Gasteiger partial charge in [-0.1, -0.05) is 61.4 Å². The van der Waals surface area contributed by atoms with E-state index in [0.717, 1.165) is 35.5 Å². The molecule has 0 bridgehead atoms. The van der Waals surface area contributed by atoms with E-state index in [4.69, 9.17) is 0 Å². The van der Waals surface area contributed by atoms with Crippen molar-refractivity contribution in [3.05, 3.63) is 54.6 Å². The summed E-state index contributed by atoms with van der Waals surface area (Å²) in [5, 5.41) is 2.80. The third kappa shape index (κ3) is 4.67.